The lowest BCUT2D eigenvalue weighted by Crippen LogP contribution is -2.15. The zero-order valence-electron chi connectivity index (χ0n) is 6.54. The van der Waals surface area contributed by atoms with Crippen molar-refractivity contribution in [3.05, 3.63) is 12.7 Å². The van der Waals surface area contributed by atoms with Gasteiger partial charge in [-0.05, 0) is 13.3 Å². The highest BCUT2D eigenvalue weighted by Crippen LogP contribution is 2.04. The van der Waals surface area contributed by atoms with E-state index in [9.17, 15) is 4.79 Å². The van der Waals surface area contributed by atoms with Crippen molar-refractivity contribution in [2.24, 2.45) is 5.92 Å². The van der Waals surface area contributed by atoms with Crippen molar-refractivity contribution in [3.8, 4) is 6.07 Å². The predicted molar refractivity (Wildman–Crippen MR) is 40.6 cm³/mol. The smallest absolute Gasteiger partial charge is 0.323 e. The summed E-state index contributed by atoms with van der Waals surface area (Å²) in [5.74, 6) is -1.15. The van der Waals surface area contributed by atoms with Crippen LogP contribution in [-0.2, 0) is 9.53 Å². The number of carbonyl (C=O) groups is 1. The minimum atomic E-state index is -0.688. The van der Waals surface area contributed by atoms with Gasteiger partial charge in [0.1, 0.15) is 5.92 Å². The van der Waals surface area contributed by atoms with Crippen molar-refractivity contribution in [2.75, 3.05) is 6.61 Å². The molecule has 0 saturated heterocycles. The molecule has 0 amide bonds. The molecule has 0 unspecified atom stereocenters. The minimum Gasteiger partial charge on any atom is -0.465 e. The monoisotopic (exact) mass is 153 g/mol. The first kappa shape index (κ1) is 9.70. The Morgan fingerprint density at radius 1 is 1.91 bits per heavy atom. The molecule has 0 rings (SSSR count). The first-order valence-corrected chi connectivity index (χ1v) is 3.43. The van der Waals surface area contributed by atoms with Gasteiger partial charge < -0.3 is 4.74 Å². The Kier molecular flexibility index (Phi) is 4.83. The van der Waals surface area contributed by atoms with E-state index in [1.165, 1.54) is 6.08 Å². The van der Waals surface area contributed by atoms with Gasteiger partial charge in [-0.15, -0.1) is 6.58 Å². The van der Waals surface area contributed by atoms with E-state index in [1.807, 2.05) is 6.07 Å². The Bertz CT molecular complexity index is 181. The highest BCUT2D eigenvalue weighted by Gasteiger charge is 2.16. The number of carbonyl (C=O) groups excluding carboxylic acids is 1. The first-order chi connectivity index (χ1) is 5.26. The normalized spacial score (nSPS) is 11.3. The van der Waals surface area contributed by atoms with Crippen LogP contribution in [0.2, 0.25) is 0 Å². The van der Waals surface area contributed by atoms with E-state index >= 15 is 0 Å². The summed E-state index contributed by atoms with van der Waals surface area (Å²) in [6, 6.07) is 1.84. The van der Waals surface area contributed by atoms with Gasteiger partial charge in [-0.2, -0.15) is 5.26 Å². The largest absolute Gasteiger partial charge is 0.465 e. The summed E-state index contributed by atoms with van der Waals surface area (Å²) in [5, 5.41) is 8.46. The average Bonchev–Trinajstić information content (AvgIpc) is 2.00. The molecule has 3 nitrogen and oxygen atoms in total. The SMILES string of the molecule is C=CC[C@@H](C#N)C(=O)OCC. The molecule has 0 aromatic rings. The third-order valence-electron chi connectivity index (χ3n) is 1.13. The zero-order chi connectivity index (χ0) is 8.69. The van der Waals surface area contributed by atoms with Crippen LogP contribution in [0.5, 0.6) is 0 Å². The van der Waals surface area contributed by atoms with Crippen LogP contribution in [-0.4, -0.2) is 12.6 Å². The van der Waals surface area contributed by atoms with Crippen molar-refractivity contribution in [2.45, 2.75) is 13.3 Å². The highest BCUT2D eigenvalue weighted by molar-refractivity contribution is 5.75. The molecule has 0 aliphatic heterocycles. The van der Waals surface area contributed by atoms with Gasteiger partial charge in [0.25, 0.3) is 0 Å². The minimum absolute atomic E-state index is 0.314. The second-order valence-corrected chi connectivity index (χ2v) is 1.96. The number of ether oxygens (including phenoxy) is 1. The molecular formula is C8H11NO2. The van der Waals surface area contributed by atoms with Crippen LogP contribution in [0.25, 0.3) is 0 Å². The molecule has 0 radical (unpaired) electrons. The van der Waals surface area contributed by atoms with Gasteiger partial charge in [-0.3, -0.25) is 4.79 Å². The van der Waals surface area contributed by atoms with E-state index in [0.29, 0.717) is 13.0 Å². The molecule has 0 N–H and O–H groups in total. The maximum atomic E-state index is 10.9. The lowest BCUT2D eigenvalue weighted by Gasteiger charge is -2.03. The number of hydrogen-bond donors (Lipinski definition) is 0. The van der Waals surface area contributed by atoms with E-state index < -0.39 is 11.9 Å². The fraction of sp³-hybridized carbons (Fsp3) is 0.500. The maximum absolute atomic E-state index is 10.9. The number of nitriles is 1. The summed E-state index contributed by atoms with van der Waals surface area (Å²) in [5.41, 5.74) is 0. The fourth-order valence-corrected chi connectivity index (χ4v) is 0.611. The van der Waals surface area contributed by atoms with Crippen LogP contribution in [0, 0.1) is 17.2 Å². The summed E-state index contributed by atoms with van der Waals surface area (Å²) in [4.78, 5) is 10.9. The fourth-order valence-electron chi connectivity index (χ4n) is 0.611. The Morgan fingerprint density at radius 3 is 2.91 bits per heavy atom. The molecule has 0 aliphatic carbocycles. The zero-order valence-corrected chi connectivity index (χ0v) is 6.54. The topological polar surface area (TPSA) is 50.1 Å². The van der Waals surface area contributed by atoms with Crippen LogP contribution in [0.15, 0.2) is 12.7 Å². The third-order valence-corrected chi connectivity index (χ3v) is 1.13. The number of esters is 1. The van der Waals surface area contributed by atoms with Gasteiger partial charge in [0.2, 0.25) is 0 Å². The standard InChI is InChI=1S/C8H11NO2/c1-3-5-7(6-9)8(10)11-4-2/h3,7H,1,4-5H2,2H3/t7-/m0/s1. The molecule has 0 heterocycles. The molecule has 0 spiro atoms. The molecule has 11 heavy (non-hydrogen) atoms. The van der Waals surface area contributed by atoms with Crippen LogP contribution in [0.1, 0.15) is 13.3 Å². The van der Waals surface area contributed by atoms with Crippen LogP contribution >= 0.6 is 0 Å². The number of allylic oxidation sites excluding steroid dienone is 1. The summed E-state index contributed by atoms with van der Waals surface area (Å²) in [7, 11) is 0. The average molecular weight is 153 g/mol. The molecule has 0 bridgehead atoms. The van der Waals surface area contributed by atoms with Crippen molar-refractivity contribution >= 4 is 5.97 Å². The molecule has 3 heteroatoms. The summed E-state index contributed by atoms with van der Waals surface area (Å²) >= 11 is 0. The van der Waals surface area contributed by atoms with Gasteiger partial charge in [-0.1, -0.05) is 6.08 Å². The molecule has 1 atom stereocenters. The van der Waals surface area contributed by atoms with Gasteiger partial charge in [0, 0.05) is 0 Å². The van der Waals surface area contributed by atoms with Crippen molar-refractivity contribution < 1.29 is 9.53 Å². The van der Waals surface area contributed by atoms with E-state index in [2.05, 4.69) is 11.3 Å². The lowest BCUT2D eigenvalue weighted by atomic mass is 10.1. The van der Waals surface area contributed by atoms with Crippen molar-refractivity contribution in [3.63, 3.8) is 0 Å². The van der Waals surface area contributed by atoms with E-state index in [0.717, 1.165) is 0 Å². The van der Waals surface area contributed by atoms with Crippen LogP contribution < -0.4 is 0 Å². The Balaban J connectivity index is 3.94. The highest BCUT2D eigenvalue weighted by atomic mass is 16.5. The van der Waals surface area contributed by atoms with Crippen LogP contribution in [0.3, 0.4) is 0 Å². The van der Waals surface area contributed by atoms with Crippen LogP contribution in [0.4, 0.5) is 0 Å². The number of rotatable bonds is 4. The first-order valence-electron chi connectivity index (χ1n) is 3.43. The Morgan fingerprint density at radius 2 is 2.55 bits per heavy atom. The lowest BCUT2D eigenvalue weighted by molar-refractivity contribution is -0.145. The Hall–Kier alpha value is -1.30. The maximum Gasteiger partial charge on any atom is 0.323 e. The van der Waals surface area contributed by atoms with Gasteiger partial charge in [0.05, 0.1) is 12.7 Å². The molecule has 0 fully saturated rings. The quantitative estimate of drug-likeness (QED) is 0.451. The third kappa shape index (κ3) is 3.41. The van der Waals surface area contributed by atoms with E-state index in [1.54, 1.807) is 6.92 Å². The van der Waals surface area contributed by atoms with Gasteiger partial charge in [0.15, 0.2) is 0 Å². The summed E-state index contributed by atoms with van der Waals surface area (Å²) in [6.07, 6.45) is 1.89. The predicted octanol–water partition coefficient (Wildman–Crippen LogP) is 1.27. The Labute approximate surface area is 66.3 Å². The van der Waals surface area contributed by atoms with E-state index in [4.69, 9.17) is 5.26 Å². The number of hydrogen-bond acceptors (Lipinski definition) is 3. The summed E-state index contributed by atoms with van der Waals surface area (Å²) < 4.78 is 4.64. The van der Waals surface area contributed by atoms with Gasteiger partial charge >= 0.3 is 5.97 Å². The number of nitrogens with zero attached hydrogens (tertiary/aromatic N) is 1. The van der Waals surface area contributed by atoms with Crippen molar-refractivity contribution in [1.82, 2.24) is 0 Å². The second-order valence-electron chi connectivity index (χ2n) is 1.96. The van der Waals surface area contributed by atoms with Gasteiger partial charge in [-0.25, -0.2) is 0 Å². The van der Waals surface area contributed by atoms with Crippen molar-refractivity contribution in [1.29, 1.82) is 5.26 Å². The molecule has 0 aliphatic rings. The molecule has 0 aromatic heterocycles. The second kappa shape index (κ2) is 5.48. The van der Waals surface area contributed by atoms with E-state index in [-0.39, 0.29) is 0 Å². The summed E-state index contributed by atoms with van der Waals surface area (Å²) in [6.45, 7) is 5.45. The molecular weight excluding hydrogens is 142 g/mol. The molecule has 0 aromatic carbocycles. The molecule has 0 saturated carbocycles. The molecule has 60 valence electrons.